The average Bonchev–Trinajstić information content (AvgIpc) is 3.21. The minimum atomic E-state index is -0.752. The zero-order valence-corrected chi connectivity index (χ0v) is 13.3. The predicted octanol–water partition coefficient (Wildman–Crippen LogP) is 2.96. The lowest BCUT2D eigenvalue weighted by molar-refractivity contribution is -0.143. The van der Waals surface area contributed by atoms with Gasteiger partial charge in [0.1, 0.15) is 5.69 Å². The van der Waals surface area contributed by atoms with Gasteiger partial charge in [-0.1, -0.05) is 6.42 Å². The van der Waals surface area contributed by atoms with E-state index in [9.17, 15) is 9.59 Å². The number of hydrogen-bond acceptors (Lipinski definition) is 2. The maximum absolute atomic E-state index is 12.5. The normalized spacial score (nSPS) is 25.6. The quantitative estimate of drug-likeness (QED) is 0.872. The van der Waals surface area contributed by atoms with Crippen LogP contribution in [0.4, 0.5) is 0 Å². The van der Waals surface area contributed by atoms with Crippen LogP contribution in [0.15, 0.2) is 16.7 Å². The first kappa shape index (κ1) is 14.6. The Balaban J connectivity index is 1.67. The van der Waals surface area contributed by atoms with Gasteiger partial charge in [-0.25, -0.2) is 0 Å². The number of amides is 1. The van der Waals surface area contributed by atoms with E-state index in [0.717, 1.165) is 30.2 Å². The van der Waals surface area contributed by atoms with Crippen molar-refractivity contribution in [2.45, 2.75) is 50.6 Å². The molecule has 0 aromatic carbocycles. The smallest absolute Gasteiger partial charge is 0.306 e. The first-order valence-electron chi connectivity index (χ1n) is 7.45. The van der Waals surface area contributed by atoms with Gasteiger partial charge in [-0.3, -0.25) is 9.59 Å². The third-order valence-electron chi connectivity index (χ3n) is 4.35. The van der Waals surface area contributed by atoms with Gasteiger partial charge in [0, 0.05) is 22.8 Å². The van der Waals surface area contributed by atoms with E-state index in [1.54, 1.807) is 0 Å². The van der Waals surface area contributed by atoms with Crippen molar-refractivity contribution in [3.8, 4) is 0 Å². The van der Waals surface area contributed by atoms with Crippen LogP contribution in [-0.4, -0.2) is 27.6 Å². The van der Waals surface area contributed by atoms with Crippen molar-refractivity contribution in [1.82, 2.24) is 9.88 Å². The zero-order chi connectivity index (χ0) is 15.0. The number of rotatable bonds is 4. The second-order valence-corrected chi connectivity index (χ2v) is 6.97. The second kappa shape index (κ2) is 5.83. The highest BCUT2D eigenvalue weighted by Gasteiger charge is 2.31. The molecule has 2 aliphatic rings. The Kier molecular flexibility index (Phi) is 4.06. The van der Waals surface area contributed by atoms with Crippen molar-refractivity contribution in [2.75, 3.05) is 0 Å². The van der Waals surface area contributed by atoms with Crippen LogP contribution in [0.2, 0.25) is 0 Å². The highest BCUT2D eigenvalue weighted by Crippen LogP contribution is 2.37. The molecule has 0 radical (unpaired) electrons. The highest BCUT2D eigenvalue weighted by molar-refractivity contribution is 9.10. The Labute approximate surface area is 131 Å². The second-order valence-electron chi connectivity index (χ2n) is 6.05. The maximum Gasteiger partial charge on any atom is 0.306 e. The number of nitrogens with one attached hydrogen (secondary N) is 1. The van der Waals surface area contributed by atoms with Gasteiger partial charge in [-0.15, -0.1) is 0 Å². The Morgan fingerprint density at radius 3 is 2.71 bits per heavy atom. The minimum Gasteiger partial charge on any atom is -0.481 e. The standard InChI is InChI=1S/C15H19BrN2O3/c16-10-7-13(18(8-10)12-4-5-12)14(19)17-11-3-1-2-9(6-11)15(20)21/h7-9,11-12H,1-6H2,(H,17,19)(H,20,21). The van der Waals surface area contributed by atoms with Crippen molar-refractivity contribution in [2.24, 2.45) is 5.92 Å². The third-order valence-corrected chi connectivity index (χ3v) is 4.78. The van der Waals surface area contributed by atoms with Gasteiger partial charge in [-0.05, 0) is 54.1 Å². The number of carboxylic acid groups (broad SMARTS) is 1. The first-order chi connectivity index (χ1) is 10.0. The molecule has 1 aromatic heterocycles. The maximum atomic E-state index is 12.5. The summed E-state index contributed by atoms with van der Waals surface area (Å²) in [5, 5.41) is 12.1. The van der Waals surface area contributed by atoms with Crippen LogP contribution in [0.3, 0.4) is 0 Å². The fraction of sp³-hybridized carbons (Fsp3) is 0.600. The first-order valence-corrected chi connectivity index (χ1v) is 8.25. The van der Waals surface area contributed by atoms with E-state index in [-0.39, 0.29) is 17.9 Å². The third kappa shape index (κ3) is 3.31. The van der Waals surface area contributed by atoms with Crippen LogP contribution in [0, 0.1) is 5.92 Å². The lowest BCUT2D eigenvalue weighted by atomic mass is 9.86. The van der Waals surface area contributed by atoms with Gasteiger partial charge >= 0.3 is 5.97 Å². The van der Waals surface area contributed by atoms with Crippen molar-refractivity contribution in [3.63, 3.8) is 0 Å². The SMILES string of the molecule is O=C(NC1CCCC(C(=O)O)C1)c1cc(Br)cn1C1CC1. The summed E-state index contributed by atoms with van der Waals surface area (Å²) in [4.78, 5) is 23.5. The van der Waals surface area contributed by atoms with Gasteiger partial charge in [0.25, 0.3) is 5.91 Å². The van der Waals surface area contributed by atoms with Crippen LogP contribution in [0.5, 0.6) is 0 Å². The number of aromatic nitrogens is 1. The molecular formula is C15H19BrN2O3. The summed E-state index contributed by atoms with van der Waals surface area (Å²) < 4.78 is 2.93. The molecule has 114 valence electrons. The van der Waals surface area contributed by atoms with E-state index in [1.807, 2.05) is 16.8 Å². The molecule has 1 amide bonds. The van der Waals surface area contributed by atoms with E-state index in [4.69, 9.17) is 5.11 Å². The fourth-order valence-corrected chi connectivity index (χ4v) is 3.52. The van der Waals surface area contributed by atoms with Gasteiger partial charge < -0.3 is 15.0 Å². The summed E-state index contributed by atoms with van der Waals surface area (Å²) in [7, 11) is 0. The monoisotopic (exact) mass is 354 g/mol. The van der Waals surface area contributed by atoms with Gasteiger partial charge in [-0.2, -0.15) is 0 Å². The zero-order valence-electron chi connectivity index (χ0n) is 11.7. The largest absolute Gasteiger partial charge is 0.481 e. The summed E-state index contributed by atoms with van der Waals surface area (Å²) >= 11 is 3.42. The molecule has 2 fully saturated rings. The van der Waals surface area contributed by atoms with Crippen molar-refractivity contribution >= 4 is 27.8 Å². The van der Waals surface area contributed by atoms with Crippen LogP contribution in [0.25, 0.3) is 0 Å². The molecule has 0 bridgehead atoms. The number of carboxylic acids is 1. The molecule has 2 unspecified atom stereocenters. The van der Waals surface area contributed by atoms with Gasteiger partial charge in [0.2, 0.25) is 0 Å². The lowest BCUT2D eigenvalue weighted by Gasteiger charge is -2.27. The predicted molar refractivity (Wildman–Crippen MR) is 81.3 cm³/mol. The number of carbonyl (C=O) groups is 2. The molecule has 1 heterocycles. The average molecular weight is 355 g/mol. The van der Waals surface area contributed by atoms with Crippen LogP contribution < -0.4 is 5.32 Å². The number of carbonyl (C=O) groups excluding carboxylic acids is 1. The Hall–Kier alpha value is -1.30. The van der Waals surface area contributed by atoms with Crippen molar-refractivity contribution < 1.29 is 14.7 Å². The lowest BCUT2D eigenvalue weighted by Crippen LogP contribution is -2.40. The van der Waals surface area contributed by atoms with Crippen LogP contribution in [-0.2, 0) is 4.79 Å². The molecule has 0 saturated heterocycles. The van der Waals surface area contributed by atoms with Gasteiger partial charge in [0.05, 0.1) is 5.92 Å². The molecule has 2 atom stereocenters. The molecule has 1 aromatic rings. The van der Waals surface area contributed by atoms with E-state index >= 15 is 0 Å². The van der Waals surface area contributed by atoms with Crippen LogP contribution >= 0.6 is 15.9 Å². The fourth-order valence-electron chi connectivity index (χ4n) is 3.09. The summed E-state index contributed by atoms with van der Waals surface area (Å²) in [5.74, 6) is -1.17. The molecule has 0 aliphatic heterocycles. The molecule has 2 N–H and O–H groups in total. The molecule has 3 rings (SSSR count). The minimum absolute atomic E-state index is 0.0336. The Morgan fingerprint density at radius 1 is 1.29 bits per heavy atom. The van der Waals surface area contributed by atoms with E-state index in [0.29, 0.717) is 24.6 Å². The van der Waals surface area contributed by atoms with E-state index in [2.05, 4.69) is 21.2 Å². The molecule has 5 nitrogen and oxygen atoms in total. The Morgan fingerprint density at radius 2 is 2.05 bits per heavy atom. The molecule has 2 saturated carbocycles. The van der Waals surface area contributed by atoms with Crippen molar-refractivity contribution in [3.05, 3.63) is 22.4 Å². The Bertz CT molecular complexity index is 565. The molecule has 6 heteroatoms. The summed E-state index contributed by atoms with van der Waals surface area (Å²) in [5.41, 5.74) is 0.668. The summed E-state index contributed by atoms with van der Waals surface area (Å²) in [6, 6.07) is 2.24. The topological polar surface area (TPSA) is 71.3 Å². The number of nitrogens with zero attached hydrogens (tertiary/aromatic N) is 1. The summed E-state index contributed by atoms with van der Waals surface area (Å²) in [6.45, 7) is 0. The molecular weight excluding hydrogens is 336 g/mol. The summed E-state index contributed by atoms with van der Waals surface area (Å²) in [6.07, 6.45) is 7.15. The van der Waals surface area contributed by atoms with E-state index < -0.39 is 5.97 Å². The number of hydrogen-bond donors (Lipinski definition) is 2. The van der Waals surface area contributed by atoms with Gasteiger partial charge in [0.15, 0.2) is 0 Å². The highest BCUT2D eigenvalue weighted by atomic mass is 79.9. The van der Waals surface area contributed by atoms with E-state index in [1.165, 1.54) is 0 Å². The van der Waals surface area contributed by atoms with Crippen molar-refractivity contribution in [1.29, 1.82) is 0 Å². The number of halogens is 1. The number of aliphatic carboxylic acids is 1. The molecule has 0 spiro atoms. The van der Waals surface area contributed by atoms with Crippen LogP contribution in [0.1, 0.15) is 55.1 Å². The molecule has 2 aliphatic carbocycles. The molecule has 21 heavy (non-hydrogen) atoms.